The first kappa shape index (κ1) is 20.7. The molecule has 0 spiro atoms. The van der Waals surface area contributed by atoms with Crippen LogP contribution in [0.4, 0.5) is 0 Å². The molecule has 1 N–H and O–H groups in total. The number of amides is 1. The van der Waals surface area contributed by atoms with Gasteiger partial charge in [0.05, 0.1) is 31.3 Å². The summed E-state index contributed by atoms with van der Waals surface area (Å²) in [6, 6.07) is 13.0. The van der Waals surface area contributed by atoms with E-state index in [0.29, 0.717) is 17.1 Å². The van der Waals surface area contributed by atoms with Gasteiger partial charge in [0.1, 0.15) is 5.82 Å². The summed E-state index contributed by atoms with van der Waals surface area (Å²) >= 11 is 0. The molecule has 1 aromatic heterocycles. The lowest BCUT2D eigenvalue weighted by molar-refractivity contribution is 0.0937. The van der Waals surface area contributed by atoms with Gasteiger partial charge in [0, 0.05) is 12.1 Å². The third-order valence-corrected chi connectivity index (χ3v) is 5.05. The molecular formula is C23H29N3O3. The molecule has 0 fully saturated rings. The maximum Gasteiger partial charge on any atom is 0.251 e. The van der Waals surface area contributed by atoms with E-state index in [0.717, 1.165) is 36.2 Å². The lowest BCUT2D eigenvalue weighted by Gasteiger charge is -2.17. The number of methoxy groups -OCH3 is 2. The molecule has 1 amide bonds. The van der Waals surface area contributed by atoms with Gasteiger partial charge in [0.25, 0.3) is 5.91 Å². The summed E-state index contributed by atoms with van der Waals surface area (Å²) in [4.78, 5) is 17.6. The number of nitrogens with one attached hydrogen (secondary N) is 1. The van der Waals surface area contributed by atoms with Crippen LogP contribution >= 0.6 is 0 Å². The monoisotopic (exact) mass is 395 g/mol. The zero-order valence-corrected chi connectivity index (χ0v) is 17.6. The Labute approximate surface area is 171 Å². The van der Waals surface area contributed by atoms with Crippen molar-refractivity contribution in [3.8, 4) is 11.5 Å². The molecule has 1 heterocycles. The van der Waals surface area contributed by atoms with Crippen molar-refractivity contribution in [2.45, 2.75) is 45.7 Å². The van der Waals surface area contributed by atoms with Crippen LogP contribution in [0.25, 0.3) is 11.0 Å². The Balaban J connectivity index is 1.84. The predicted octanol–water partition coefficient (Wildman–Crippen LogP) is 4.73. The molecule has 1 atom stereocenters. The van der Waals surface area contributed by atoms with E-state index >= 15 is 0 Å². The van der Waals surface area contributed by atoms with E-state index in [4.69, 9.17) is 14.5 Å². The number of ether oxygens (including phenoxy) is 2. The molecular weight excluding hydrogens is 366 g/mol. The third kappa shape index (κ3) is 4.53. The van der Waals surface area contributed by atoms with Gasteiger partial charge in [0.15, 0.2) is 11.5 Å². The number of aromatic nitrogens is 2. The van der Waals surface area contributed by atoms with E-state index in [1.165, 1.54) is 6.42 Å². The van der Waals surface area contributed by atoms with Crippen molar-refractivity contribution in [3.05, 3.63) is 53.9 Å². The summed E-state index contributed by atoms with van der Waals surface area (Å²) in [5.41, 5.74) is 2.57. The maximum atomic E-state index is 12.8. The van der Waals surface area contributed by atoms with Crippen LogP contribution in [0.1, 0.15) is 55.3 Å². The normalized spacial score (nSPS) is 12.0. The number of rotatable bonds is 9. The molecule has 0 aliphatic carbocycles. The number of carbonyl (C=O) groups excluding carboxylic acids is 1. The number of imidazole rings is 1. The number of hydrogen-bond donors (Lipinski definition) is 1. The van der Waals surface area contributed by atoms with Gasteiger partial charge < -0.3 is 19.4 Å². The van der Waals surface area contributed by atoms with Crippen LogP contribution in [0.3, 0.4) is 0 Å². The first-order chi connectivity index (χ1) is 14.1. The van der Waals surface area contributed by atoms with Gasteiger partial charge in [0.2, 0.25) is 0 Å². The Morgan fingerprint density at radius 1 is 1.10 bits per heavy atom. The Kier molecular flexibility index (Phi) is 6.75. The summed E-state index contributed by atoms with van der Waals surface area (Å²) in [6.07, 6.45) is 3.41. The van der Waals surface area contributed by atoms with Crippen molar-refractivity contribution in [3.63, 3.8) is 0 Å². The summed E-state index contributed by atoms with van der Waals surface area (Å²) in [7, 11) is 3.13. The second kappa shape index (κ2) is 9.45. The molecule has 0 radical (unpaired) electrons. The van der Waals surface area contributed by atoms with Crippen LogP contribution in [0.15, 0.2) is 42.5 Å². The predicted molar refractivity (Wildman–Crippen MR) is 115 cm³/mol. The van der Waals surface area contributed by atoms with Gasteiger partial charge in [-0.25, -0.2) is 4.98 Å². The van der Waals surface area contributed by atoms with Gasteiger partial charge in [-0.1, -0.05) is 31.9 Å². The van der Waals surface area contributed by atoms with Gasteiger partial charge in [-0.05, 0) is 43.7 Å². The van der Waals surface area contributed by atoms with E-state index in [9.17, 15) is 4.79 Å². The minimum atomic E-state index is -0.232. The Morgan fingerprint density at radius 3 is 2.59 bits per heavy atom. The van der Waals surface area contributed by atoms with Crippen LogP contribution in [-0.2, 0) is 6.54 Å². The number of benzene rings is 2. The largest absolute Gasteiger partial charge is 0.493 e. The van der Waals surface area contributed by atoms with Crippen molar-refractivity contribution in [2.75, 3.05) is 14.2 Å². The Hall–Kier alpha value is -3.02. The fourth-order valence-electron chi connectivity index (χ4n) is 3.50. The van der Waals surface area contributed by atoms with E-state index in [1.54, 1.807) is 32.4 Å². The standard InChI is InChI=1S/C23H29N3O3/c1-5-6-9-14-26-19-11-8-7-10-18(19)25-22(26)16(2)24-23(27)17-12-13-20(28-3)21(15-17)29-4/h7-8,10-13,15-16H,5-6,9,14H2,1-4H3,(H,24,27)/t16-/m0/s1. The van der Waals surface area contributed by atoms with Crippen molar-refractivity contribution < 1.29 is 14.3 Å². The lowest BCUT2D eigenvalue weighted by Crippen LogP contribution is -2.28. The quantitative estimate of drug-likeness (QED) is 0.532. The number of unbranched alkanes of at least 4 members (excludes halogenated alkanes) is 2. The highest BCUT2D eigenvalue weighted by Crippen LogP contribution is 2.28. The molecule has 0 saturated heterocycles. The lowest BCUT2D eigenvalue weighted by atomic mass is 10.1. The minimum Gasteiger partial charge on any atom is -0.493 e. The number of para-hydroxylation sites is 2. The highest BCUT2D eigenvalue weighted by Gasteiger charge is 2.19. The first-order valence-corrected chi connectivity index (χ1v) is 10.1. The van der Waals surface area contributed by atoms with Crippen molar-refractivity contribution in [1.29, 1.82) is 0 Å². The zero-order chi connectivity index (χ0) is 20.8. The fourth-order valence-corrected chi connectivity index (χ4v) is 3.50. The van der Waals surface area contributed by atoms with Gasteiger partial charge >= 0.3 is 0 Å². The van der Waals surface area contributed by atoms with Crippen molar-refractivity contribution >= 4 is 16.9 Å². The molecule has 6 heteroatoms. The van der Waals surface area contributed by atoms with E-state index in [-0.39, 0.29) is 11.9 Å². The average molecular weight is 396 g/mol. The number of hydrogen-bond acceptors (Lipinski definition) is 4. The van der Waals surface area contributed by atoms with Crippen LogP contribution < -0.4 is 14.8 Å². The highest BCUT2D eigenvalue weighted by atomic mass is 16.5. The number of fused-ring (bicyclic) bond motifs is 1. The molecule has 2 aromatic carbocycles. The zero-order valence-electron chi connectivity index (χ0n) is 17.6. The van der Waals surface area contributed by atoms with Crippen LogP contribution in [0.5, 0.6) is 11.5 Å². The summed E-state index contributed by atoms with van der Waals surface area (Å²) in [5, 5.41) is 3.07. The summed E-state index contributed by atoms with van der Waals surface area (Å²) in [5.74, 6) is 1.82. The van der Waals surface area contributed by atoms with Crippen LogP contribution in [0.2, 0.25) is 0 Å². The second-order valence-corrected chi connectivity index (χ2v) is 7.08. The van der Waals surface area contributed by atoms with E-state index in [1.807, 2.05) is 25.1 Å². The highest BCUT2D eigenvalue weighted by molar-refractivity contribution is 5.95. The van der Waals surface area contributed by atoms with Gasteiger partial charge in [-0.15, -0.1) is 0 Å². The SMILES string of the molecule is CCCCCn1c([C@H](C)NC(=O)c2ccc(OC)c(OC)c2)nc2ccccc21. The molecule has 0 aliphatic heterocycles. The topological polar surface area (TPSA) is 65.4 Å². The molecule has 0 bridgehead atoms. The minimum absolute atomic E-state index is 0.175. The first-order valence-electron chi connectivity index (χ1n) is 10.1. The Morgan fingerprint density at radius 2 is 1.86 bits per heavy atom. The average Bonchev–Trinajstić information content (AvgIpc) is 3.12. The molecule has 3 rings (SSSR count). The molecule has 29 heavy (non-hydrogen) atoms. The van der Waals surface area contributed by atoms with Gasteiger partial charge in [-0.2, -0.15) is 0 Å². The van der Waals surface area contributed by atoms with Crippen molar-refractivity contribution in [1.82, 2.24) is 14.9 Å². The molecule has 3 aromatic rings. The smallest absolute Gasteiger partial charge is 0.251 e. The number of aryl methyl sites for hydroxylation is 1. The second-order valence-electron chi connectivity index (χ2n) is 7.08. The number of nitrogens with zero attached hydrogens (tertiary/aromatic N) is 2. The number of carbonyl (C=O) groups is 1. The molecule has 0 aliphatic rings. The summed E-state index contributed by atoms with van der Waals surface area (Å²) in [6.45, 7) is 5.05. The summed E-state index contributed by atoms with van der Waals surface area (Å²) < 4.78 is 12.8. The molecule has 0 unspecified atom stereocenters. The Bertz CT molecular complexity index is 981. The van der Waals surface area contributed by atoms with Crippen LogP contribution in [-0.4, -0.2) is 29.7 Å². The molecule has 0 saturated carbocycles. The van der Waals surface area contributed by atoms with Gasteiger partial charge in [-0.3, -0.25) is 4.79 Å². The fraction of sp³-hybridized carbons (Fsp3) is 0.391. The molecule has 154 valence electrons. The third-order valence-electron chi connectivity index (χ3n) is 5.05. The van der Waals surface area contributed by atoms with E-state index < -0.39 is 0 Å². The van der Waals surface area contributed by atoms with E-state index in [2.05, 4.69) is 22.9 Å². The molecule has 6 nitrogen and oxygen atoms in total. The van der Waals surface area contributed by atoms with Crippen LogP contribution in [0, 0.1) is 0 Å². The van der Waals surface area contributed by atoms with Crippen molar-refractivity contribution in [2.24, 2.45) is 0 Å². The maximum absolute atomic E-state index is 12.8.